The highest BCUT2D eigenvalue weighted by molar-refractivity contribution is 6.38. The van der Waals surface area contributed by atoms with Crippen molar-refractivity contribution in [2.75, 3.05) is 6.54 Å². The Morgan fingerprint density at radius 2 is 1.69 bits per heavy atom. The van der Waals surface area contributed by atoms with E-state index in [9.17, 15) is 28.8 Å². The lowest BCUT2D eigenvalue weighted by molar-refractivity contribution is -0.147. The summed E-state index contributed by atoms with van der Waals surface area (Å²) in [6.45, 7) is 8.29. The van der Waals surface area contributed by atoms with E-state index in [1.54, 1.807) is 4.90 Å². The molecule has 264 valence electrons. The van der Waals surface area contributed by atoms with E-state index in [2.05, 4.69) is 15.3 Å². The number of aromatic amines is 1. The molecule has 1 aromatic rings. The van der Waals surface area contributed by atoms with Crippen molar-refractivity contribution in [2.45, 2.75) is 136 Å². The number of Topliss-reactive ketones (excluding diaryl/α,β-unsaturated/α-hetero) is 4. The Balaban J connectivity index is 1.35. The molecule has 1 aliphatic heterocycles. The van der Waals surface area contributed by atoms with E-state index in [0.29, 0.717) is 25.3 Å². The molecule has 5 rings (SSSR count). The third-order valence-corrected chi connectivity index (χ3v) is 11.7. The van der Waals surface area contributed by atoms with Gasteiger partial charge in [0.1, 0.15) is 5.69 Å². The fourth-order valence-electron chi connectivity index (χ4n) is 8.72. The zero-order valence-electron chi connectivity index (χ0n) is 29.4. The van der Waals surface area contributed by atoms with Crippen LogP contribution in [0.5, 0.6) is 0 Å². The molecule has 6 atom stereocenters. The van der Waals surface area contributed by atoms with Crippen molar-refractivity contribution in [3.8, 4) is 0 Å². The smallest absolute Gasteiger partial charge is 0.269 e. The van der Waals surface area contributed by atoms with E-state index in [4.69, 9.17) is 0 Å². The average Bonchev–Trinajstić information content (AvgIpc) is 3.40. The molecule has 0 radical (unpaired) electrons. The van der Waals surface area contributed by atoms with Gasteiger partial charge < -0.3 is 15.2 Å². The van der Waals surface area contributed by atoms with E-state index in [1.165, 1.54) is 12.5 Å². The minimum absolute atomic E-state index is 0.00928. The number of carbonyl (C=O) groups is 6. The van der Waals surface area contributed by atoms with Crippen LogP contribution in [0.15, 0.2) is 12.5 Å². The lowest BCUT2D eigenvalue weighted by Gasteiger charge is -2.37. The highest BCUT2D eigenvalue weighted by atomic mass is 16.2. The van der Waals surface area contributed by atoms with Gasteiger partial charge in [-0.15, -0.1) is 0 Å². The molecule has 2 N–H and O–H groups in total. The summed E-state index contributed by atoms with van der Waals surface area (Å²) in [5, 5.41) is 2.98. The number of fused-ring (bicyclic) bond motifs is 1. The second-order valence-corrected chi connectivity index (χ2v) is 16.3. The van der Waals surface area contributed by atoms with Crippen molar-refractivity contribution in [1.82, 2.24) is 20.2 Å². The Kier molecular flexibility index (Phi) is 11.7. The fraction of sp³-hybridized carbons (Fsp3) is 0.763. The molecule has 4 aliphatic rings. The number of rotatable bonds is 16. The van der Waals surface area contributed by atoms with Gasteiger partial charge in [-0.25, -0.2) is 4.98 Å². The molecule has 10 heteroatoms. The van der Waals surface area contributed by atoms with Crippen molar-refractivity contribution >= 4 is 34.9 Å². The SMILES string of the molecule is CCC[C@H](CC(=O)[C@@H]1[C@H]2CCC[C@H]2CN1C(=O)[C@@H](CC(=O)[C@@H](NC(=O)c1cnc[nH]1)C1CCCCC1)C(C)(C)C)C(=O)C(=O)CC1CC1. The summed E-state index contributed by atoms with van der Waals surface area (Å²) in [5.41, 5.74) is -0.301. The molecule has 0 aromatic carbocycles. The van der Waals surface area contributed by atoms with E-state index < -0.39 is 35.1 Å². The number of carbonyl (C=O) groups excluding carboxylic acids is 6. The van der Waals surface area contributed by atoms with Gasteiger partial charge in [-0.05, 0) is 74.0 Å². The van der Waals surface area contributed by atoms with Gasteiger partial charge >= 0.3 is 0 Å². The zero-order chi connectivity index (χ0) is 34.6. The van der Waals surface area contributed by atoms with Crippen LogP contribution in [0.25, 0.3) is 0 Å². The number of nitrogens with zero attached hydrogens (tertiary/aromatic N) is 2. The molecule has 10 nitrogen and oxygen atoms in total. The number of ketones is 4. The molecule has 1 saturated heterocycles. The van der Waals surface area contributed by atoms with Crippen molar-refractivity contribution in [1.29, 1.82) is 0 Å². The van der Waals surface area contributed by atoms with Crippen molar-refractivity contribution in [2.24, 2.45) is 40.9 Å². The molecule has 2 heterocycles. The van der Waals surface area contributed by atoms with Gasteiger partial charge in [0.05, 0.1) is 24.6 Å². The molecule has 3 aliphatic carbocycles. The summed E-state index contributed by atoms with van der Waals surface area (Å²) in [6, 6.07) is -1.37. The maximum Gasteiger partial charge on any atom is 0.269 e. The maximum atomic E-state index is 14.7. The van der Waals surface area contributed by atoms with Crippen LogP contribution in [-0.2, 0) is 24.0 Å². The first-order valence-corrected chi connectivity index (χ1v) is 18.6. The van der Waals surface area contributed by atoms with Crippen LogP contribution < -0.4 is 5.32 Å². The average molecular weight is 665 g/mol. The van der Waals surface area contributed by atoms with Gasteiger partial charge in [0, 0.05) is 37.6 Å². The highest BCUT2D eigenvalue weighted by Gasteiger charge is 2.52. The first-order chi connectivity index (χ1) is 22.9. The zero-order valence-corrected chi connectivity index (χ0v) is 29.4. The summed E-state index contributed by atoms with van der Waals surface area (Å²) < 4.78 is 0. The standard InChI is InChI=1S/C38H56N4O6/c1-5-10-25(35(46)32(45)17-23-15-16-23)18-31(44)34-27-14-9-13-26(27)21-42(34)37(48)28(38(2,3)4)19-30(43)33(24-11-7-6-8-12-24)41-36(47)29-20-39-22-40-29/h20,22-28,33-34H,5-19,21H2,1-4H3,(H,39,40)(H,41,47)/t25-,26+,27+,28-,33+,34+/m1/s1. The first-order valence-electron chi connectivity index (χ1n) is 18.6. The van der Waals surface area contributed by atoms with E-state index in [1.807, 2.05) is 27.7 Å². The molecule has 48 heavy (non-hydrogen) atoms. The minimum Gasteiger partial charge on any atom is -0.341 e. The maximum absolute atomic E-state index is 14.7. The molecule has 2 amide bonds. The number of aromatic nitrogens is 2. The number of H-pyrrole nitrogens is 1. The molecular formula is C38H56N4O6. The number of nitrogens with one attached hydrogen (secondary N) is 2. The summed E-state index contributed by atoms with van der Waals surface area (Å²) in [4.78, 5) is 90.7. The monoisotopic (exact) mass is 664 g/mol. The van der Waals surface area contributed by atoms with E-state index >= 15 is 0 Å². The van der Waals surface area contributed by atoms with E-state index in [0.717, 1.165) is 64.2 Å². The minimum atomic E-state index is -0.719. The van der Waals surface area contributed by atoms with Gasteiger partial charge in [-0.3, -0.25) is 28.8 Å². The number of imidazole rings is 1. The van der Waals surface area contributed by atoms with Crippen molar-refractivity contribution in [3.05, 3.63) is 18.2 Å². The van der Waals surface area contributed by atoms with Crippen LogP contribution in [0, 0.1) is 40.9 Å². The summed E-state index contributed by atoms with van der Waals surface area (Å²) in [6.07, 6.45) is 13.7. The first kappa shape index (κ1) is 36.1. The van der Waals surface area contributed by atoms with Gasteiger partial charge in [-0.1, -0.05) is 59.8 Å². The quantitative estimate of drug-likeness (QED) is 0.217. The van der Waals surface area contributed by atoms with Crippen molar-refractivity contribution < 1.29 is 28.8 Å². The molecule has 3 saturated carbocycles. The van der Waals surface area contributed by atoms with Crippen LogP contribution in [0.3, 0.4) is 0 Å². The summed E-state index contributed by atoms with van der Waals surface area (Å²) >= 11 is 0. The van der Waals surface area contributed by atoms with Crippen LogP contribution in [-0.4, -0.2) is 68.4 Å². The van der Waals surface area contributed by atoms with Gasteiger partial charge in [0.2, 0.25) is 11.7 Å². The largest absolute Gasteiger partial charge is 0.341 e. The molecule has 4 fully saturated rings. The summed E-state index contributed by atoms with van der Waals surface area (Å²) in [7, 11) is 0. The normalized spacial score (nSPS) is 24.8. The second-order valence-electron chi connectivity index (χ2n) is 16.3. The van der Waals surface area contributed by atoms with Crippen molar-refractivity contribution in [3.63, 3.8) is 0 Å². The lowest BCUT2D eigenvalue weighted by atomic mass is 9.74. The molecule has 0 bridgehead atoms. The number of hydrogen-bond acceptors (Lipinski definition) is 7. The predicted octanol–water partition coefficient (Wildman–Crippen LogP) is 5.65. The summed E-state index contributed by atoms with van der Waals surface area (Å²) in [5.74, 6) is -2.48. The number of likely N-dealkylation sites (tertiary alicyclic amines) is 1. The van der Waals surface area contributed by atoms with Crippen LogP contribution >= 0.6 is 0 Å². The topological polar surface area (TPSA) is 146 Å². The van der Waals surface area contributed by atoms with Crippen LogP contribution in [0.1, 0.15) is 134 Å². The number of hydrogen-bond donors (Lipinski definition) is 2. The Labute approximate surface area is 285 Å². The highest BCUT2D eigenvalue weighted by Crippen LogP contribution is 2.45. The van der Waals surface area contributed by atoms with Gasteiger partial charge in [0.15, 0.2) is 17.3 Å². The van der Waals surface area contributed by atoms with Crippen LogP contribution in [0.2, 0.25) is 0 Å². The van der Waals surface area contributed by atoms with Crippen LogP contribution in [0.4, 0.5) is 0 Å². The predicted molar refractivity (Wildman–Crippen MR) is 181 cm³/mol. The third-order valence-electron chi connectivity index (χ3n) is 11.7. The Bertz CT molecular complexity index is 1340. The Morgan fingerprint density at radius 1 is 0.958 bits per heavy atom. The fourth-order valence-corrected chi connectivity index (χ4v) is 8.72. The lowest BCUT2D eigenvalue weighted by Crippen LogP contribution is -2.51. The molecule has 0 spiro atoms. The molecule has 1 aromatic heterocycles. The molecular weight excluding hydrogens is 608 g/mol. The third kappa shape index (κ3) is 8.51. The number of amides is 2. The van der Waals surface area contributed by atoms with E-state index in [-0.39, 0.29) is 71.9 Å². The molecule has 0 unspecified atom stereocenters. The Hall–Kier alpha value is -3.17. The van der Waals surface area contributed by atoms with Gasteiger partial charge in [-0.2, -0.15) is 0 Å². The Morgan fingerprint density at radius 3 is 2.31 bits per heavy atom. The second kappa shape index (κ2) is 15.6. The van der Waals surface area contributed by atoms with Gasteiger partial charge in [0.25, 0.3) is 5.91 Å².